The quantitative estimate of drug-likeness (QED) is 0.932. The fourth-order valence-electron chi connectivity index (χ4n) is 3.32. The van der Waals surface area contributed by atoms with Gasteiger partial charge in [0.05, 0.1) is 5.69 Å². The fourth-order valence-corrected chi connectivity index (χ4v) is 3.32. The molecule has 2 N–H and O–H groups in total. The van der Waals surface area contributed by atoms with Gasteiger partial charge >= 0.3 is 0 Å². The first-order valence-electron chi connectivity index (χ1n) is 7.43. The molecule has 0 bridgehead atoms. The second-order valence-corrected chi connectivity index (χ2v) is 5.98. The van der Waals surface area contributed by atoms with Gasteiger partial charge in [-0.2, -0.15) is 0 Å². The van der Waals surface area contributed by atoms with E-state index >= 15 is 0 Å². The van der Waals surface area contributed by atoms with E-state index in [4.69, 9.17) is 5.73 Å². The molecule has 3 rings (SSSR count). The van der Waals surface area contributed by atoms with Crippen molar-refractivity contribution in [2.75, 3.05) is 5.73 Å². The number of hydrogen-bond donors (Lipinski definition) is 1. The molecule has 1 aromatic heterocycles. The van der Waals surface area contributed by atoms with Crippen LogP contribution in [0.25, 0.3) is 0 Å². The van der Waals surface area contributed by atoms with Crippen molar-refractivity contribution in [2.24, 2.45) is 0 Å². The fraction of sp³-hybridized carbons (Fsp3) is 0.500. The molecule has 0 spiro atoms. The van der Waals surface area contributed by atoms with Crippen molar-refractivity contribution < 1.29 is 0 Å². The van der Waals surface area contributed by atoms with Gasteiger partial charge in [0.15, 0.2) is 5.82 Å². The monoisotopic (exact) mass is 270 g/mol. The van der Waals surface area contributed by atoms with Crippen LogP contribution in [0, 0.1) is 0 Å². The summed E-state index contributed by atoms with van der Waals surface area (Å²) in [6.07, 6.45) is 3.67. The summed E-state index contributed by atoms with van der Waals surface area (Å²) >= 11 is 0. The van der Waals surface area contributed by atoms with Crippen LogP contribution in [0.2, 0.25) is 0 Å². The smallest absolute Gasteiger partial charge is 0.169 e. The average molecular weight is 270 g/mol. The molecule has 0 aliphatic heterocycles. The highest BCUT2D eigenvalue weighted by Crippen LogP contribution is 2.33. The van der Waals surface area contributed by atoms with Crippen molar-refractivity contribution in [1.82, 2.24) is 15.0 Å². The third-order valence-corrected chi connectivity index (χ3v) is 4.23. The van der Waals surface area contributed by atoms with Gasteiger partial charge in [-0.3, -0.25) is 0 Å². The molecule has 0 saturated heterocycles. The number of aromatic nitrogens is 3. The molecule has 0 saturated carbocycles. The van der Waals surface area contributed by atoms with Gasteiger partial charge in [0.25, 0.3) is 0 Å². The van der Waals surface area contributed by atoms with Crippen LogP contribution >= 0.6 is 0 Å². The summed E-state index contributed by atoms with van der Waals surface area (Å²) in [5, 5.41) is 8.30. The molecular weight excluding hydrogens is 248 g/mol. The second kappa shape index (κ2) is 5.27. The first-order valence-corrected chi connectivity index (χ1v) is 7.43. The van der Waals surface area contributed by atoms with Crippen LogP contribution in [0.1, 0.15) is 55.3 Å². The highest BCUT2D eigenvalue weighted by molar-refractivity contribution is 5.36. The maximum atomic E-state index is 5.95. The van der Waals surface area contributed by atoms with Crippen molar-refractivity contribution in [1.29, 1.82) is 0 Å². The van der Waals surface area contributed by atoms with E-state index in [9.17, 15) is 0 Å². The van der Waals surface area contributed by atoms with E-state index in [0.717, 1.165) is 12.2 Å². The van der Waals surface area contributed by atoms with E-state index < -0.39 is 0 Å². The summed E-state index contributed by atoms with van der Waals surface area (Å²) in [6, 6.07) is 8.78. The minimum Gasteiger partial charge on any atom is -0.381 e. The van der Waals surface area contributed by atoms with Crippen molar-refractivity contribution in [2.45, 2.75) is 51.5 Å². The zero-order valence-corrected chi connectivity index (χ0v) is 12.2. The van der Waals surface area contributed by atoms with Gasteiger partial charge in [-0.25, -0.2) is 4.68 Å². The zero-order chi connectivity index (χ0) is 14.1. The lowest BCUT2D eigenvalue weighted by Gasteiger charge is -2.26. The molecule has 1 aliphatic rings. The van der Waals surface area contributed by atoms with E-state index in [1.807, 2.05) is 4.68 Å². The summed E-state index contributed by atoms with van der Waals surface area (Å²) < 4.78 is 2.01. The van der Waals surface area contributed by atoms with Crippen molar-refractivity contribution >= 4 is 5.82 Å². The van der Waals surface area contributed by atoms with Gasteiger partial charge in [0.1, 0.15) is 0 Å². The molecule has 0 fully saturated rings. The first kappa shape index (κ1) is 13.2. The molecule has 106 valence electrons. The maximum Gasteiger partial charge on any atom is 0.169 e. The number of nitrogens with two attached hydrogens (primary N) is 1. The minimum absolute atomic E-state index is 0.351. The number of fused-ring (bicyclic) bond motifs is 1. The molecule has 4 nitrogen and oxygen atoms in total. The third kappa shape index (κ3) is 2.30. The van der Waals surface area contributed by atoms with Gasteiger partial charge in [0.2, 0.25) is 0 Å². The Kier molecular flexibility index (Phi) is 3.47. The van der Waals surface area contributed by atoms with Crippen LogP contribution in [-0.2, 0) is 13.0 Å². The number of hydrogen-bond acceptors (Lipinski definition) is 3. The van der Waals surface area contributed by atoms with E-state index in [-0.39, 0.29) is 0 Å². The van der Waals surface area contributed by atoms with Crippen LogP contribution in [0.3, 0.4) is 0 Å². The largest absolute Gasteiger partial charge is 0.381 e. The Morgan fingerprint density at radius 3 is 2.95 bits per heavy atom. The van der Waals surface area contributed by atoms with Gasteiger partial charge < -0.3 is 5.73 Å². The van der Waals surface area contributed by atoms with Crippen LogP contribution in [0.4, 0.5) is 5.82 Å². The molecular formula is C16H22N4. The molecule has 4 heteroatoms. The number of nitrogen functional groups attached to an aromatic ring is 1. The van der Waals surface area contributed by atoms with Crippen LogP contribution < -0.4 is 5.73 Å². The maximum absolute atomic E-state index is 5.95. The van der Waals surface area contributed by atoms with Crippen molar-refractivity contribution in [3.63, 3.8) is 0 Å². The zero-order valence-electron chi connectivity index (χ0n) is 12.2. The lowest BCUT2D eigenvalue weighted by Crippen LogP contribution is -2.18. The number of anilines is 1. The Morgan fingerprint density at radius 1 is 1.35 bits per heavy atom. The standard InChI is InChI=1S/C16H22N4/c1-11(2)15-16(17)18-19-20(15)10-13-8-5-7-12-6-3-4-9-14(12)13/h3-4,6,9,11,13H,5,7-8,10,17H2,1-2H3. The van der Waals surface area contributed by atoms with Gasteiger partial charge in [-0.15, -0.1) is 5.10 Å². The van der Waals surface area contributed by atoms with Crippen LogP contribution in [-0.4, -0.2) is 15.0 Å². The van der Waals surface area contributed by atoms with E-state index in [1.54, 1.807) is 0 Å². The summed E-state index contributed by atoms with van der Waals surface area (Å²) in [7, 11) is 0. The summed E-state index contributed by atoms with van der Waals surface area (Å²) in [6.45, 7) is 5.16. The Morgan fingerprint density at radius 2 is 2.15 bits per heavy atom. The molecule has 1 aromatic carbocycles. The molecule has 0 radical (unpaired) electrons. The number of benzene rings is 1. The van der Waals surface area contributed by atoms with Gasteiger partial charge in [-0.1, -0.05) is 43.3 Å². The predicted octanol–water partition coefficient (Wildman–Crippen LogP) is 3.10. The summed E-state index contributed by atoms with van der Waals surface area (Å²) in [4.78, 5) is 0. The highest BCUT2D eigenvalue weighted by Gasteiger charge is 2.23. The first-order chi connectivity index (χ1) is 9.66. The van der Waals surface area contributed by atoms with E-state index in [0.29, 0.717) is 17.7 Å². The number of aryl methyl sites for hydroxylation is 1. The van der Waals surface area contributed by atoms with Crippen molar-refractivity contribution in [3.05, 3.63) is 41.1 Å². The lowest BCUT2D eigenvalue weighted by atomic mass is 9.83. The molecule has 20 heavy (non-hydrogen) atoms. The Balaban J connectivity index is 1.90. The molecule has 0 amide bonds. The topological polar surface area (TPSA) is 56.7 Å². The third-order valence-electron chi connectivity index (χ3n) is 4.23. The van der Waals surface area contributed by atoms with E-state index in [1.165, 1.54) is 30.4 Å². The molecule has 1 unspecified atom stereocenters. The van der Waals surface area contributed by atoms with Crippen LogP contribution in [0.15, 0.2) is 24.3 Å². The SMILES string of the molecule is CC(C)c1c(N)nnn1CC1CCCc2ccccc21. The molecule has 2 aromatic rings. The molecule has 1 heterocycles. The second-order valence-electron chi connectivity index (χ2n) is 5.98. The predicted molar refractivity (Wildman–Crippen MR) is 80.6 cm³/mol. The van der Waals surface area contributed by atoms with Crippen molar-refractivity contribution in [3.8, 4) is 0 Å². The Labute approximate surface area is 120 Å². The van der Waals surface area contributed by atoms with Gasteiger partial charge in [0, 0.05) is 12.5 Å². The Hall–Kier alpha value is -1.84. The molecule has 1 atom stereocenters. The normalized spacial score (nSPS) is 18.2. The lowest BCUT2D eigenvalue weighted by molar-refractivity contribution is 0.436. The van der Waals surface area contributed by atoms with Gasteiger partial charge in [-0.05, 0) is 36.3 Å². The highest BCUT2D eigenvalue weighted by atomic mass is 15.4. The van der Waals surface area contributed by atoms with E-state index in [2.05, 4.69) is 48.4 Å². The average Bonchev–Trinajstić information content (AvgIpc) is 2.80. The number of nitrogens with zero attached hydrogens (tertiary/aromatic N) is 3. The summed E-state index contributed by atoms with van der Waals surface area (Å²) in [5.41, 5.74) is 9.97. The Bertz CT molecular complexity index is 600. The summed E-state index contributed by atoms with van der Waals surface area (Å²) in [5.74, 6) is 1.45. The number of rotatable bonds is 3. The molecule has 1 aliphatic carbocycles. The minimum atomic E-state index is 0.351. The van der Waals surface area contributed by atoms with Crippen LogP contribution in [0.5, 0.6) is 0 Å².